The molecule has 6 aromatic carbocycles. The maximum absolute atomic E-state index is 14.6. The Morgan fingerprint density at radius 3 is 1.03 bits per heavy atom. The Morgan fingerprint density at radius 2 is 0.731 bits per heavy atom. The summed E-state index contributed by atoms with van der Waals surface area (Å²) in [6, 6.07) is 23.1. The van der Waals surface area contributed by atoms with Crippen LogP contribution < -0.4 is 23.7 Å². The molecule has 0 radical (unpaired) electrons. The van der Waals surface area contributed by atoms with E-state index in [0.29, 0.717) is 58.3 Å². The van der Waals surface area contributed by atoms with E-state index in [0.717, 1.165) is 93.4 Å². The number of halogens is 14. The lowest BCUT2D eigenvalue weighted by Gasteiger charge is -2.13. The van der Waals surface area contributed by atoms with Crippen molar-refractivity contribution in [3.05, 3.63) is 200 Å². The van der Waals surface area contributed by atoms with E-state index in [-0.39, 0.29) is 45.8 Å². The molecule has 0 fully saturated rings. The van der Waals surface area contributed by atoms with Crippen molar-refractivity contribution in [1.29, 1.82) is 0 Å². The Labute approximate surface area is 532 Å². The van der Waals surface area contributed by atoms with Crippen LogP contribution in [0.5, 0.6) is 28.7 Å². The van der Waals surface area contributed by atoms with E-state index < -0.39 is 111 Å². The first kappa shape index (κ1) is 71.1. The largest absolute Gasteiger partial charge is 0.573 e. The molecular formula is C65H53Cl2F12N3O11. The zero-order valence-corrected chi connectivity index (χ0v) is 51.6. The monoisotopic (exact) mass is 1350 g/mol. The van der Waals surface area contributed by atoms with Crippen LogP contribution in [0.3, 0.4) is 0 Å². The molecule has 0 spiro atoms. The molecule has 0 bridgehead atoms. The molecule has 3 heterocycles. The molecule has 0 saturated heterocycles. The number of ether oxygens (including phenoxy) is 5. The average molecular weight is 1350 g/mol. The Hall–Kier alpha value is -9.30. The molecule has 0 amide bonds. The van der Waals surface area contributed by atoms with E-state index in [9.17, 15) is 67.1 Å². The molecule has 14 nitrogen and oxygen atoms in total. The normalized spacial score (nSPS) is 12.4. The van der Waals surface area contributed by atoms with Crippen molar-refractivity contribution in [3.63, 3.8) is 0 Å². The number of ketones is 3. The van der Waals surface area contributed by atoms with E-state index in [1.807, 2.05) is 26.0 Å². The number of aryl methyl sites for hydroxylation is 2. The van der Waals surface area contributed by atoms with Gasteiger partial charge in [0, 0.05) is 34.6 Å². The van der Waals surface area contributed by atoms with Crippen LogP contribution in [-0.2, 0) is 12.8 Å². The third kappa shape index (κ3) is 18.3. The number of hydrogen-bond acceptors (Lipinski definition) is 14. The third-order valence-electron chi connectivity index (χ3n) is 13.0. The number of alkyl halides is 6. The molecule has 28 heteroatoms. The number of rotatable bonds is 21. The van der Waals surface area contributed by atoms with Crippen LogP contribution in [0.25, 0.3) is 33.8 Å². The van der Waals surface area contributed by atoms with Gasteiger partial charge in [-0.25, -0.2) is 41.3 Å². The lowest BCUT2D eigenvalue weighted by molar-refractivity contribution is -0.275. The van der Waals surface area contributed by atoms with Crippen LogP contribution in [0, 0.1) is 34.9 Å². The van der Waals surface area contributed by atoms with Gasteiger partial charge in [0.1, 0.15) is 57.6 Å². The van der Waals surface area contributed by atoms with Crippen molar-refractivity contribution >= 4 is 40.6 Å². The minimum Gasteiger partial charge on any atom is -0.478 e. The third-order valence-corrected chi connectivity index (χ3v) is 13.5. The maximum Gasteiger partial charge on any atom is 0.573 e. The van der Waals surface area contributed by atoms with E-state index >= 15 is 0 Å². The van der Waals surface area contributed by atoms with Crippen LogP contribution in [0.2, 0.25) is 10.2 Å². The fraction of sp³-hybridized carbons (Fsp3) is 0.262. The van der Waals surface area contributed by atoms with Crippen molar-refractivity contribution in [3.8, 4) is 62.5 Å². The fourth-order valence-corrected chi connectivity index (χ4v) is 9.16. The molecule has 0 saturated carbocycles. The van der Waals surface area contributed by atoms with Crippen LogP contribution in [0.15, 0.2) is 122 Å². The van der Waals surface area contributed by atoms with Crippen molar-refractivity contribution < 1.29 is 104 Å². The number of carbonyl (C=O) groups is 3. The number of oxazole rings is 3. The summed E-state index contributed by atoms with van der Waals surface area (Å²) >= 11 is 12.0. The summed E-state index contributed by atoms with van der Waals surface area (Å²) in [5.41, 5.74) is 0.744. The molecule has 0 aliphatic carbocycles. The van der Waals surface area contributed by atoms with E-state index in [1.165, 1.54) is 38.1 Å². The van der Waals surface area contributed by atoms with Gasteiger partial charge in [-0.05, 0) is 163 Å². The summed E-state index contributed by atoms with van der Waals surface area (Å²) in [5, 5.41) is 0.429. The van der Waals surface area contributed by atoms with Gasteiger partial charge in [0.05, 0.1) is 16.7 Å². The number of Topliss-reactive ketones (excluding diaryl/α,β-unsaturated/α-hetero) is 3. The molecule has 492 valence electrons. The molecule has 0 N–H and O–H groups in total. The number of carbonyl (C=O) groups excluding carboxylic acids is 3. The van der Waals surface area contributed by atoms with Gasteiger partial charge in [-0.15, -0.1) is 26.3 Å². The van der Waals surface area contributed by atoms with E-state index in [2.05, 4.69) is 24.4 Å². The minimum atomic E-state index is -4.83. The topological polar surface area (TPSA) is 175 Å². The van der Waals surface area contributed by atoms with Gasteiger partial charge in [0.2, 0.25) is 22.9 Å². The molecule has 0 aliphatic heterocycles. The van der Waals surface area contributed by atoms with Crippen LogP contribution in [-0.4, -0.2) is 45.0 Å². The highest BCUT2D eigenvalue weighted by Crippen LogP contribution is 2.38. The van der Waals surface area contributed by atoms with Gasteiger partial charge in [0.25, 0.3) is 0 Å². The second kappa shape index (κ2) is 30.4. The number of aromatic nitrogens is 3. The molecular weight excluding hydrogens is 1300 g/mol. The van der Waals surface area contributed by atoms with Crippen molar-refractivity contribution in [2.24, 2.45) is 0 Å². The zero-order valence-electron chi connectivity index (χ0n) is 50.1. The number of nitrogens with zero attached hydrogens (tertiary/aromatic N) is 3. The first-order valence-electron chi connectivity index (χ1n) is 27.9. The minimum absolute atomic E-state index is 0.0799. The smallest absolute Gasteiger partial charge is 0.478 e. The number of hydrogen-bond donors (Lipinski definition) is 0. The molecule has 9 rings (SSSR count). The molecule has 3 aromatic heterocycles. The first-order chi connectivity index (χ1) is 43.8. The van der Waals surface area contributed by atoms with Crippen LogP contribution in [0.1, 0.15) is 147 Å². The van der Waals surface area contributed by atoms with Crippen molar-refractivity contribution in [2.75, 3.05) is 0 Å². The SMILES string of the molecule is CC(=O)c1c(F)ccc(OC(C)c2nc(-c3ccc(OC(F)(F)F)cc3)c(Cl)o2)c1F.CCCc1oc(C(C)Oc2ccc(F)c(C(C)=O)c2F)nc1-c1ccc(Cl)cc1.CCCc1oc(C(C)Oc2ccc(F)c(C(C)=O)c2F)nc1-c1ccc(OC(F)(F)F)cc1. The first-order valence-corrected chi connectivity index (χ1v) is 28.6. The quantitative estimate of drug-likeness (QED) is 0.0490. The Kier molecular flexibility index (Phi) is 23.3. The zero-order chi connectivity index (χ0) is 68.4. The Morgan fingerprint density at radius 1 is 0.441 bits per heavy atom. The molecule has 0 aliphatic rings. The summed E-state index contributed by atoms with van der Waals surface area (Å²) in [6.45, 7) is 11.7. The summed E-state index contributed by atoms with van der Waals surface area (Å²) in [6.07, 6.45) is -9.62. The summed E-state index contributed by atoms with van der Waals surface area (Å²) in [7, 11) is 0. The Balaban J connectivity index is 0.000000198. The summed E-state index contributed by atoms with van der Waals surface area (Å²) in [5.74, 6) is -8.99. The van der Waals surface area contributed by atoms with Gasteiger partial charge in [-0.3, -0.25) is 14.4 Å². The second-order valence-corrected chi connectivity index (χ2v) is 20.9. The average Bonchev–Trinajstić information content (AvgIpc) is 1.80. The predicted molar refractivity (Wildman–Crippen MR) is 313 cm³/mol. The second-order valence-electron chi connectivity index (χ2n) is 20.1. The van der Waals surface area contributed by atoms with Crippen LogP contribution >= 0.6 is 23.2 Å². The number of benzene rings is 6. The van der Waals surface area contributed by atoms with E-state index in [1.54, 1.807) is 19.1 Å². The lowest BCUT2D eigenvalue weighted by Crippen LogP contribution is -2.16. The van der Waals surface area contributed by atoms with Gasteiger partial charge >= 0.3 is 12.7 Å². The maximum atomic E-state index is 14.6. The van der Waals surface area contributed by atoms with Gasteiger partial charge < -0.3 is 36.9 Å². The highest BCUT2D eigenvalue weighted by Gasteiger charge is 2.33. The summed E-state index contributed by atoms with van der Waals surface area (Å²) in [4.78, 5) is 47.6. The molecule has 9 aromatic rings. The standard InChI is InChI=1S/C23H20F5NO4.C22H20ClF2NO3.C20H13ClF5NO4/c1-4-5-18-21(14-6-8-15(9-7-14)33-23(26,27)28)29-22(32-18)13(3)31-17-11-10-16(24)19(12(2)30)20(17)25;1-4-5-18-21(14-6-8-15(23)9-7-14)26-22(29-18)13(3)28-17-11-10-16(24)19(12(2)27)20(17)25;1-9(28)15-13(22)7-8-14(16(15)23)29-10(2)19-27-17(18(21)30-19)11-3-5-12(6-4-11)31-20(24,25)26/h6-11,13H,4-5H2,1-3H3;6-11,13H,4-5H2,1-3H3;3-8,10H,1-2H3. The highest BCUT2D eigenvalue weighted by molar-refractivity contribution is 6.31. The molecule has 3 atom stereocenters. The molecule has 93 heavy (non-hydrogen) atoms. The van der Waals surface area contributed by atoms with Gasteiger partial charge in [-0.2, -0.15) is 0 Å². The van der Waals surface area contributed by atoms with Gasteiger partial charge in [0.15, 0.2) is 70.4 Å². The van der Waals surface area contributed by atoms with E-state index in [4.69, 9.17) is 50.7 Å². The predicted octanol–water partition coefficient (Wildman–Crippen LogP) is 19.9. The van der Waals surface area contributed by atoms with Crippen LogP contribution in [0.4, 0.5) is 52.7 Å². The van der Waals surface area contributed by atoms with Crippen molar-refractivity contribution in [1.82, 2.24) is 15.0 Å². The lowest BCUT2D eigenvalue weighted by atomic mass is 10.1. The van der Waals surface area contributed by atoms with Gasteiger partial charge in [-0.1, -0.05) is 37.6 Å². The fourth-order valence-electron chi connectivity index (χ4n) is 8.80. The highest BCUT2D eigenvalue weighted by atomic mass is 35.5. The summed E-state index contributed by atoms with van der Waals surface area (Å²) < 4.78 is 200. The van der Waals surface area contributed by atoms with Crippen molar-refractivity contribution in [2.45, 2.75) is 112 Å². The Bertz CT molecular complexity index is 4120. The molecule has 3 unspecified atom stereocenters.